The van der Waals surface area contributed by atoms with Gasteiger partial charge in [0.25, 0.3) is 5.91 Å². The van der Waals surface area contributed by atoms with Gasteiger partial charge in [-0.05, 0) is 60.9 Å². The van der Waals surface area contributed by atoms with Gasteiger partial charge in [-0.3, -0.25) is 9.10 Å². The van der Waals surface area contributed by atoms with Crippen LogP contribution < -0.4 is 23.8 Å². The van der Waals surface area contributed by atoms with Crippen molar-refractivity contribution in [3.05, 3.63) is 82.4 Å². The van der Waals surface area contributed by atoms with Crippen LogP contribution in [0.3, 0.4) is 0 Å². The van der Waals surface area contributed by atoms with E-state index in [4.69, 9.17) is 14.2 Å². The van der Waals surface area contributed by atoms with E-state index in [-0.39, 0.29) is 19.0 Å². The van der Waals surface area contributed by atoms with Crippen molar-refractivity contribution >= 4 is 21.6 Å². The molecular weight excluding hydrogens is 480 g/mol. The van der Waals surface area contributed by atoms with E-state index in [1.54, 1.807) is 43.5 Å². The zero-order valence-corrected chi connectivity index (χ0v) is 22.2. The Hall–Kier alpha value is -3.72. The molecule has 0 aliphatic heterocycles. The van der Waals surface area contributed by atoms with Crippen molar-refractivity contribution in [1.82, 2.24) is 5.32 Å². The molecule has 0 radical (unpaired) electrons. The minimum absolute atomic E-state index is 0.161. The molecule has 0 saturated carbocycles. The number of sulfonamides is 1. The first-order valence-electron chi connectivity index (χ1n) is 11.3. The van der Waals surface area contributed by atoms with Crippen LogP contribution in [0.4, 0.5) is 5.69 Å². The lowest BCUT2D eigenvalue weighted by atomic mass is 10.1. The smallest absolute Gasteiger partial charge is 0.251 e. The van der Waals surface area contributed by atoms with Crippen LogP contribution in [0.15, 0.2) is 54.6 Å². The van der Waals surface area contributed by atoms with Crippen molar-refractivity contribution in [3.63, 3.8) is 0 Å². The van der Waals surface area contributed by atoms with Crippen molar-refractivity contribution in [2.45, 2.75) is 26.9 Å². The first-order valence-corrected chi connectivity index (χ1v) is 13.1. The quantitative estimate of drug-likeness (QED) is 0.437. The number of anilines is 1. The van der Waals surface area contributed by atoms with Crippen LogP contribution in [-0.2, 0) is 23.1 Å². The van der Waals surface area contributed by atoms with Gasteiger partial charge in [-0.15, -0.1) is 0 Å². The van der Waals surface area contributed by atoms with Crippen molar-refractivity contribution in [3.8, 4) is 17.2 Å². The van der Waals surface area contributed by atoms with Gasteiger partial charge in [-0.25, -0.2) is 8.42 Å². The summed E-state index contributed by atoms with van der Waals surface area (Å²) >= 11 is 0. The van der Waals surface area contributed by atoms with E-state index in [0.29, 0.717) is 28.5 Å². The van der Waals surface area contributed by atoms with Gasteiger partial charge < -0.3 is 19.5 Å². The first kappa shape index (κ1) is 26.9. The van der Waals surface area contributed by atoms with Crippen LogP contribution in [0.25, 0.3) is 0 Å². The number of methoxy groups -OCH3 is 3. The minimum Gasteiger partial charge on any atom is -0.493 e. The first-order chi connectivity index (χ1) is 17.1. The molecule has 0 fully saturated rings. The van der Waals surface area contributed by atoms with Crippen LogP contribution in [0.2, 0.25) is 0 Å². The van der Waals surface area contributed by atoms with E-state index >= 15 is 0 Å². The number of carbonyl (C=O) groups excluding carboxylic acids is 1. The summed E-state index contributed by atoms with van der Waals surface area (Å²) in [6, 6.07) is 16.1. The largest absolute Gasteiger partial charge is 0.493 e. The summed E-state index contributed by atoms with van der Waals surface area (Å²) in [7, 11) is 1.08. The van der Waals surface area contributed by atoms with Gasteiger partial charge in [0.1, 0.15) is 0 Å². The molecule has 0 atom stereocenters. The number of benzene rings is 3. The Kier molecular flexibility index (Phi) is 8.47. The lowest BCUT2D eigenvalue weighted by Crippen LogP contribution is -2.30. The molecule has 3 aromatic rings. The molecule has 0 aromatic heterocycles. The molecule has 0 spiro atoms. The molecule has 1 N–H and O–H groups in total. The van der Waals surface area contributed by atoms with Crippen molar-refractivity contribution in [2.24, 2.45) is 0 Å². The highest BCUT2D eigenvalue weighted by atomic mass is 32.2. The maximum absolute atomic E-state index is 12.8. The second-order valence-electron chi connectivity index (χ2n) is 8.43. The van der Waals surface area contributed by atoms with Crippen LogP contribution >= 0.6 is 0 Å². The molecular formula is C27H32N2O6S. The monoisotopic (exact) mass is 512 g/mol. The zero-order valence-electron chi connectivity index (χ0n) is 21.4. The SMILES string of the molecule is COc1ccc(CNC(=O)c2ccc(CN(c3cc(C)ccc3C)S(C)(=O)=O)cc2)c(OC)c1OC. The van der Waals surface area contributed by atoms with Crippen LogP contribution in [-0.4, -0.2) is 41.9 Å². The Balaban J connectivity index is 1.75. The van der Waals surface area contributed by atoms with Gasteiger partial charge in [-0.1, -0.05) is 24.3 Å². The summed E-state index contributed by atoms with van der Waals surface area (Å²) in [5.74, 6) is 1.20. The van der Waals surface area contributed by atoms with Crippen LogP contribution in [0, 0.1) is 13.8 Å². The number of hydrogen-bond acceptors (Lipinski definition) is 6. The summed E-state index contributed by atoms with van der Waals surface area (Å²) in [5, 5.41) is 2.88. The van der Waals surface area contributed by atoms with Gasteiger partial charge in [-0.2, -0.15) is 0 Å². The lowest BCUT2D eigenvalue weighted by molar-refractivity contribution is 0.0950. The highest BCUT2D eigenvalue weighted by Crippen LogP contribution is 2.39. The number of rotatable bonds is 10. The number of ether oxygens (including phenoxy) is 3. The third kappa shape index (κ3) is 6.09. The van der Waals surface area contributed by atoms with Crippen LogP contribution in [0.1, 0.15) is 32.6 Å². The second kappa shape index (κ2) is 11.3. The maximum Gasteiger partial charge on any atom is 0.251 e. The molecule has 0 bridgehead atoms. The Morgan fingerprint density at radius 1 is 0.889 bits per heavy atom. The summed E-state index contributed by atoms with van der Waals surface area (Å²) < 4.78 is 42.7. The summed E-state index contributed by atoms with van der Waals surface area (Å²) in [6.45, 7) is 4.19. The second-order valence-corrected chi connectivity index (χ2v) is 10.3. The van der Waals surface area contributed by atoms with E-state index < -0.39 is 10.0 Å². The third-order valence-corrected chi connectivity index (χ3v) is 6.93. The molecule has 0 unspecified atom stereocenters. The van der Waals surface area contributed by atoms with Gasteiger partial charge in [0, 0.05) is 17.7 Å². The highest BCUT2D eigenvalue weighted by Gasteiger charge is 2.20. The van der Waals surface area contributed by atoms with Gasteiger partial charge in [0.2, 0.25) is 15.8 Å². The average molecular weight is 513 g/mol. The molecule has 0 heterocycles. The lowest BCUT2D eigenvalue weighted by Gasteiger charge is -2.25. The molecule has 3 rings (SSSR count). The molecule has 1 amide bonds. The number of aryl methyl sites for hydroxylation is 2. The number of nitrogens with one attached hydrogen (secondary N) is 1. The van der Waals surface area contributed by atoms with Gasteiger partial charge >= 0.3 is 0 Å². The van der Waals surface area contributed by atoms with E-state index in [0.717, 1.165) is 22.3 Å². The molecule has 0 aliphatic carbocycles. The van der Waals surface area contributed by atoms with Crippen LogP contribution in [0.5, 0.6) is 17.2 Å². The predicted octanol–water partition coefficient (Wildman–Crippen LogP) is 4.23. The average Bonchev–Trinajstić information content (AvgIpc) is 2.86. The molecule has 8 nitrogen and oxygen atoms in total. The van der Waals surface area contributed by atoms with E-state index in [2.05, 4.69) is 5.32 Å². The summed E-state index contributed by atoms with van der Waals surface area (Å²) in [5.41, 5.74) is 4.44. The number of carbonyl (C=O) groups is 1. The minimum atomic E-state index is -3.52. The van der Waals surface area contributed by atoms with E-state index in [1.165, 1.54) is 24.8 Å². The normalized spacial score (nSPS) is 11.1. The van der Waals surface area contributed by atoms with Gasteiger partial charge in [0.05, 0.1) is 39.8 Å². The van der Waals surface area contributed by atoms with E-state index in [1.807, 2.05) is 32.0 Å². The highest BCUT2D eigenvalue weighted by molar-refractivity contribution is 7.92. The van der Waals surface area contributed by atoms with Crippen molar-refractivity contribution in [2.75, 3.05) is 31.9 Å². The topological polar surface area (TPSA) is 94.2 Å². The predicted molar refractivity (Wildman–Crippen MR) is 141 cm³/mol. The third-order valence-electron chi connectivity index (χ3n) is 5.80. The molecule has 3 aromatic carbocycles. The van der Waals surface area contributed by atoms with Gasteiger partial charge in [0.15, 0.2) is 11.5 Å². The van der Waals surface area contributed by atoms with E-state index in [9.17, 15) is 13.2 Å². The molecule has 0 aliphatic rings. The van der Waals surface area contributed by atoms with Crippen molar-refractivity contribution in [1.29, 1.82) is 0 Å². The summed E-state index contributed by atoms with van der Waals surface area (Å²) in [6.07, 6.45) is 1.19. The fourth-order valence-electron chi connectivity index (χ4n) is 3.88. The molecule has 192 valence electrons. The Morgan fingerprint density at radius 3 is 2.14 bits per heavy atom. The van der Waals surface area contributed by atoms with Crippen molar-refractivity contribution < 1.29 is 27.4 Å². The number of hydrogen-bond donors (Lipinski definition) is 1. The molecule has 36 heavy (non-hydrogen) atoms. The maximum atomic E-state index is 12.8. The standard InChI is InChI=1S/C27H32N2O6S/c1-18-7-8-19(2)23(15-18)29(36(6,31)32)17-20-9-11-21(12-10-20)27(30)28-16-22-13-14-24(33-3)26(35-5)25(22)34-4/h7-15H,16-17H2,1-6H3,(H,28,30). The number of nitrogens with zero attached hydrogens (tertiary/aromatic N) is 1. The fourth-order valence-corrected chi connectivity index (χ4v) is 4.81. The fraction of sp³-hybridized carbons (Fsp3) is 0.296. The summed E-state index contributed by atoms with van der Waals surface area (Å²) in [4.78, 5) is 12.8. The Bertz CT molecular complexity index is 1340. The Labute approximate surface area is 212 Å². The number of amides is 1. The molecule has 0 saturated heterocycles. The Morgan fingerprint density at radius 2 is 1.56 bits per heavy atom. The zero-order chi connectivity index (χ0) is 26.5. The molecule has 9 heteroatoms.